The van der Waals surface area contributed by atoms with Crippen molar-refractivity contribution in [3.63, 3.8) is 0 Å². The predicted octanol–water partition coefficient (Wildman–Crippen LogP) is 2.93. The van der Waals surface area contributed by atoms with Crippen LogP contribution in [0.2, 0.25) is 0 Å². The average molecular weight is 283 g/mol. The fraction of sp³-hybridized carbons (Fsp3) is 0.500. The zero-order valence-corrected chi connectivity index (χ0v) is 12.4. The van der Waals surface area contributed by atoms with E-state index in [-0.39, 0.29) is 5.41 Å². The van der Waals surface area contributed by atoms with E-state index in [1.165, 1.54) is 0 Å². The van der Waals surface area contributed by atoms with Gasteiger partial charge in [0, 0.05) is 23.4 Å². The molecule has 19 heavy (non-hydrogen) atoms. The van der Waals surface area contributed by atoms with Crippen molar-refractivity contribution in [2.75, 3.05) is 13.6 Å². The fourth-order valence-corrected chi connectivity index (χ4v) is 3.21. The Bertz CT molecular complexity index is 514. The molecule has 1 atom stereocenters. The van der Waals surface area contributed by atoms with Gasteiger partial charge in [-0.1, -0.05) is 44.5 Å². The highest BCUT2D eigenvalue weighted by molar-refractivity contribution is 6.31. The summed E-state index contributed by atoms with van der Waals surface area (Å²) in [5.74, 6) is 0. The molecule has 1 unspecified atom stereocenters. The number of nitrogens with zero attached hydrogens (tertiary/aromatic N) is 1. The second-order valence-electron chi connectivity index (χ2n) is 6.04. The van der Waals surface area contributed by atoms with E-state index in [4.69, 9.17) is 11.6 Å². The maximum Gasteiger partial charge on any atom is 0.405 e. The van der Waals surface area contributed by atoms with Gasteiger partial charge in [-0.25, -0.2) is 4.79 Å². The third kappa shape index (κ3) is 2.04. The molecule has 0 fully saturated rings. The minimum atomic E-state index is -1.05. The molecule has 2 rings (SSSR count). The van der Waals surface area contributed by atoms with Crippen LogP contribution in [0.4, 0.5) is 4.79 Å². The molecule has 0 saturated heterocycles. The molecule has 0 spiro atoms. The number of rotatable bonds is 1. The first-order chi connectivity index (χ1) is 8.69. The van der Waals surface area contributed by atoms with Gasteiger partial charge in [-0.2, -0.15) is 0 Å². The summed E-state index contributed by atoms with van der Waals surface area (Å²) in [6, 6.07) is 0. The molecule has 4 nitrogen and oxygen atoms in total. The van der Waals surface area contributed by atoms with Crippen LogP contribution in [0.1, 0.15) is 20.8 Å². The summed E-state index contributed by atoms with van der Waals surface area (Å²) >= 11 is 6.38. The van der Waals surface area contributed by atoms with Crippen LogP contribution in [0, 0.1) is 5.41 Å². The maximum atomic E-state index is 11.3. The van der Waals surface area contributed by atoms with Gasteiger partial charge in [0.1, 0.15) is 0 Å². The summed E-state index contributed by atoms with van der Waals surface area (Å²) in [5, 5.41) is 12.6. The Hall–Kier alpha value is -1.42. The Labute approximate surface area is 118 Å². The minimum Gasteiger partial charge on any atom is -0.465 e. The first-order valence-electron chi connectivity index (χ1n) is 6.20. The summed E-state index contributed by atoms with van der Waals surface area (Å²) in [6.07, 6.45) is 4.71. The van der Waals surface area contributed by atoms with Crippen LogP contribution >= 0.6 is 11.6 Å². The topological polar surface area (TPSA) is 52.6 Å². The van der Waals surface area contributed by atoms with E-state index < -0.39 is 11.6 Å². The molecule has 2 N–H and O–H groups in total. The van der Waals surface area contributed by atoms with Crippen LogP contribution in [0.5, 0.6) is 0 Å². The quantitative estimate of drug-likeness (QED) is 0.777. The molecule has 5 heteroatoms. The zero-order valence-electron chi connectivity index (χ0n) is 11.6. The molecule has 0 radical (unpaired) electrons. The number of allylic oxidation sites excluding steroid dienone is 2. The minimum absolute atomic E-state index is 0.331. The smallest absolute Gasteiger partial charge is 0.405 e. The summed E-state index contributed by atoms with van der Waals surface area (Å²) in [6.45, 7) is 6.63. The molecule has 0 saturated carbocycles. The van der Waals surface area contributed by atoms with Gasteiger partial charge in [-0.15, -0.1) is 0 Å². The average Bonchev–Trinajstić information content (AvgIpc) is 2.53. The van der Waals surface area contributed by atoms with Crippen LogP contribution in [-0.2, 0) is 0 Å². The lowest BCUT2D eigenvalue weighted by molar-refractivity contribution is 0.162. The summed E-state index contributed by atoms with van der Waals surface area (Å²) in [4.78, 5) is 13.3. The van der Waals surface area contributed by atoms with E-state index in [0.29, 0.717) is 11.6 Å². The lowest BCUT2D eigenvalue weighted by Crippen LogP contribution is -2.57. The molecular formula is C14H19ClN2O2. The number of fused-ring (bicyclic) bond motifs is 1. The Morgan fingerprint density at radius 1 is 1.53 bits per heavy atom. The predicted molar refractivity (Wildman–Crippen MR) is 76.1 cm³/mol. The van der Waals surface area contributed by atoms with Crippen LogP contribution in [-0.4, -0.2) is 35.2 Å². The molecule has 1 amide bonds. The van der Waals surface area contributed by atoms with Crippen molar-refractivity contribution in [2.45, 2.75) is 26.3 Å². The Kier molecular flexibility index (Phi) is 3.17. The number of hydrogen-bond donors (Lipinski definition) is 2. The Morgan fingerprint density at radius 2 is 2.16 bits per heavy atom. The number of amides is 1. The Balaban J connectivity index is 2.63. The van der Waals surface area contributed by atoms with Crippen LogP contribution in [0.3, 0.4) is 0 Å². The molecule has 2 aliphatic rings. The van der Waals surface area contributed by atoms with E-state index in [1.54, 1.807) is 0 Å². The first-order valence-corrected chi connectivity index (χ1v) is 6.58. The van der Waals surface area contributed by atoms with Crippen LogP contribution in [0.15, 0.2) is 34.5 Å². The molecule has 0 aromatic heterocycles. The molecule has 1 heterocycles. The third-order valence-corrected chi connectivity index (χ3v) is 4.10. The fourth-order valence-electron chi connectivity index (χ4n) is 2.78. The van der Waals surface area contributed by atoms with E-state index in [0.717, 1.165) is 11.3 Å². The summed E-state index contributed by atoms with van der Waals surface area (Å²) < 4.78 is 0. The number of hydrogen-bond acceptors (Lipinski definition) is 2. The van der Waals surface area contributed by atoms with Crippen molar-refractivity contribution < 1.29 is 9.90 Å². The second-order valence-corrected chi connectivity index (χ2v) is 6.49. The van der Waals surface area contributed by atoms with Gasteiger partial charge >= 0.3 is 6.09 Å². The lowest BCUT2D eigenvalue weighted by Gasteiger charge is -2.45. The monoisotopic (exact) mass is 282 g/mol. The molecule has 1 aliphatic heterocycles. The largest absolute Gasteiger partial charge is 0.465 e. The Morgan fingerprint density at radius 3 is 2.68 bits per heavy atom. The van der Waals surface area contributed by atoms with E-state index in [2.05, 4.69) is 5.32 Å². The molecule has 0 aromatic carbocycles. The van der Waals surface area contributed by atoms with Gasteiger partial charge in [0.25, 0.3) is 0 Å². The number of likely N-dealkylation sites (N-methyl/N-ethyl adjacent to an activating group) is 1. The van der Waals surface area contributed by atoms with Gasteiger partial charge < -0.3 is 15.3 Å². The number of carbonyl (C=O) groups is 1. The highest BCUT2D eigenvalue weighted by Crippen LogP contribution is 2.48. The van der Waals surface area contributed by atoms with Gasteiger partial charge in [0.15, 0.2) is 0 Å². The van der Waals surface area contributed by atoms with E-state index in [1.807, 2.05) is 50.9 Å². The van der Waals surface area contributed by atoms with Crippen molar-refractivity contribution in [1.82, 2.24) is 10.2 Å². The maximum absolute atomic E-state index is 11.3. The van der Waals surface area contributed by atoms with Gasteiger partial charge in [-0.05, 0) is 11.5 Å². The highest BCUT2D eigenvalue weighted by Gasteiger charge is 2.50. The van der Waals surface area contributed by atoms with E-state index in [9.17, 15) is 9.90 Å². The van der Waals surface area contributed by atoms with Crippen molar-refractivity contribution in [2.24, 2.45) is 5.41 Å². The normalized spacial score (nSPS) is 26.4. The molecule has 0 aromatic rings. The SMILES string of the molecule is CN1CC(Cl)=C2C1=CC=CC2(NC(=O)O)C(C)(C)C. The third-order valence-electron chi connectivity index (χ3n) is 3.80. The standard InChI is InChI=1S/C14H19ClN2O2/c1-13(2,3)14(16-12(18)19)7-5-6-10-11(14)9(15)8-17(10)4/h5-7,16H,8H2,1-4H3,(H,18,19). The van der Waals surface area contributed by atoms with Crippen LogP contribution < -0.4 is 5.32 Å². The van der Waals surface area contributed by atoms with Gasteiger partial charge in [0.05, 0.1) is 12.1 Å². The number of nitrogens with one attached hydrogen (secondary N) is 1. The molecule has 104 valence electrons. The van der Waals surface area contributed by atoms with Crippen molar-refractivity contribution in [1.29, 1.82) is 0 Å². The summed E-state index contributed by atoms with van der Waals surface area (Å²) in [5.41, 5.74) is 0.720. The number of halogens is 1. The zero-order chi connectivity index (χ0) is 14.4. The van der Waals surface area contributed by atoms with Gasteiger partial charge in [0.2, 0.25) is 0 Å². The first kappa shape index (κ1) is 14.0. The molecule has 1 aliphatic carbocycles. The molecular weight excluding hydrogens is 264 g/mol. The number of carboxylic acid groups (broad SMARTS) is 1. The summed E-state index contributed by atoms with van der Waals surface area (Å²) in [7, 11) is 1.95. The van der Waals surface area contributed by atoms with Crippen molar-refractivity contribution >= 4 is 17.7 Å². The lowest BCUT2D eigenvalue weighted by atomic mass is 9.66. The van der Waals surface area contributed by atoms with Crippen molar-refractivity contribution in [3.8, 4) is 0 Å². The van der Waals surface area contributed by atoms with E-state index >= 15 is 0 Å². The highest BCUT2D eigenvalue weighted by atomic mass is 35.5. The van der Waals surface area contributed by atoms with Gasteiger partial charge in [-0.3, -0.25) is 0 Å². The van der Waals surface area contributed by atoms with Crippen molar-refractivity contribution in [3.05, 3.63) is 34.5 Å². The molecule has 0 bridgehead atoms. The second kappa shape index (κ2) is 4.30. The van der Waals surface area contributed by atoms with Crippen LogP contribution in [0.25, 0.3) is 0 Å².